The Kier molecular flexibility index (Phi) is 10.0. The molecule has 0 radical (unpaired) electrons. The van der Waals surface area contributed by atoms with Gasteiger partial charge in [-0.15, -0.1) is 0 Å². The Balaban J connectivity index is 0.914. The van der Waals surface area contributed by atoms with Crippen molar-refractivity contribution in [3.63, 3.8) is 0 Å². The zero-order chi connectivity index (χ0) is 51.0. The van der Waals surface area contributed by atoms with E-state index in [-0.39, 0.29) is 21.9 Å². The van der Waals surface area contributed by atoms with Gasteiger partial charge in [-0.3, -0.25) is 0 Å². The van der Waals surface area contributed by atoms with Gasteiger partial charge < -0.3 is 9.80 Å². The largest absolute Gasteiger partial charge is 0.334 e. The van der Waals surface area contributed by atoms with Crippen molar-refractivity contribution in [2.45, 2.75) is 101 Å². The molecule has 370 valence electrons. The van der Waals surface area contributed by atoms with Crippen LogP contribution in [-0.2, 0) is 10.8 Å². The van der Waals surface area contributed by atoms with Gasteiger partial charge >= 0.3 is 0 Å². The van der Waals surface area contributed by atoms with E-state index in [1.807, 2.05) is 0 Å². The van der Waals surface area contributed by atoms with Gasteiger partial charge in [-0.25, -0.2) is 0 Å². The van der Waals surface area contributed by atoms with E-state index in [1.165, 1.54) is 173 Å². The maximum absolute atomic E-state index is 2.74. The molecule has 2 saturated carbocycles. The quantitative estimate of drug-likeness (QED) is 0.153. The molecule has 2 heterocycles. The summed E-state index contributed by atoms with van der Waals surface area (Å²) < 4.78 is 0. The fourth-order valence-electron chi connectivity index (χ4n) is 15.8. The maximum Gasteiger partial charge on any atom is 0.0518 e. The van der Waals surface area contributed by atoms with Crippen molar-refractivity contribution in [2.75, 3.05) is 9.80 Å². The lowest BCUT2D eigenvalue weighted by atomic mass is 9.61. The molecular formula is C74H64N2. The van der Waals surface area contributed by atoms with E-state index in [0.717, 1.165) is 0 Å². The van der Waals surface area contributed by atoms with Crippen LogP contribution >= 0.6 is 0 Å². The van der Waals surface area contributed by atoms with Crippen LogP contribution in [0.5, 0.6) is 0 Å². The van der Waals surface area contributed by atoms with E-state index in [4.69, 9.17) is 0 Å². The van der Waals surface area contributed by atoms with Gasteiger partial charge in [0.05, 0.1) is 11.1 Å². The first-order chi connectivity index (χ1) is 37.2. The van der Waals surface area contributed by atoms with Gasteiger partial charge in [-0.2, -0.15) is 0 Å². The third-order valence-electron chi connectivity index (χ3n) is 20.1. The Labute approximate surface area is 448 Å². The molecule has 11 aromatic rings. The Morgan fingerprint density at radius 2 is 0.645 bits per heavy atom. The third kappa shape index (κ3) is 6.34. The topological polar surface area (TPSA) is 6.48 Å². The summed E-state index contributed by atoms with van der Waals surface area (Å²) in [6, 6.07) is 83.5. The van der Waals surface area contributed by atoms with Crippen molar-refractivity contribution in [3.8, 4) is 44.5 Å². The SMILES string of the molecule is CC12CCCCC1(C)N(c1cccc3ccccc13)c1ccc(-c3ccc4c(-c5ccccc5)c5cc(-c6ccc7c(c6)C6(C)CCCCC6(C)N7c6cccc7ccccc67)ccc5c(-c5ccccc5)c4c3)cc12. The molecule has 2 aliphatic carbocycles. The molecular weight excluding hydrogens is 917 g/mol. The first-order valence-electron chi connectivity index (χ1n) is 28.2. The van der Waals surface area contributed by atoms with Gasteiger partial charge in [0.2, 0.25) is 0 Å². The van der Waals surface area contributed by atoms with Crippen LogP contribution in [0.2, 0.25) is 0 Å². The molecule has 2 fully saturated rings. The Hall–Kier alpha value is -7.94. The van der Waals surface area contributed by atoms with Crippen molar-refractivity contribution in [1.29, 1.82) is 0 Å². The standard InChI is InChI=1S/C74H64N2/c1-71-41-15-17-43-73(71,3)75(65-31-19-27-49-21-11-13-29-57(49)65)67-39-35-55(47-63(67)71)53-33-37-59-61(45-53)69(51-23-7-5-8-24-51)60-38-34-54(46-62(60)70(59)52-25-9-6-10-26-52)56-36-40-68-64(48-56)72(2)42-16-18-44-74(72,4)76(68)66-32-20-28-50-22-12-14-30-58(50)66/h5-14,19-40,45-48H,15-18,41-44H2,1-4H3. The van der Waals surface area contributed by atoms with E-state index in [9.17, 15) is 0 Å². The van der Waals surface area contributed by atoms with Gasteiger partial charge in [-0.05, 0) is 176 Å². The first kappa shape index (κ1) is 45.5. The molecule has 0 amide bonds. The molecule has 11 aromatic carbocycles. The molecule has 4 unspecified atom stereocenters. The number of anilines is 4. The van der Waals surface area contributed by atoms with Crippen LogP contribution in [0, 0.1) is 0 Å². The number of benzene rings is 11. The fourth-order valence-corrected chi connectivity index (χ4v) is 15.8. The number of nitrogens with zero attached hydrogens (tertiary/aromatic N) is 2. The van der Waals surface area contributed by atoms with E-state index in [1.54, 1.807) is 0 Å². The minimum Gasteiger partial charge on any atom is -0.334 e. The predicted octanol–water partition coefficient (Wildman–Crippen LogP) is 20.5. The van der Waals surface area contributed by atoms with Crippen LogP contribution in [0.1, 0.15) is 90.2 Å². The van der Waals surface area contributed by atoms with Gasteiger partial charge in [0, 0.05) is 44.4 Å². The molecule has 0 spiro atoms. The van der Waals surface area contributed by atoms with E-state index < -0.39 is 0 Å². The molecule has 2 aliphatic heterocycles. The number of hydrogen-bond acceptors (Lipinski definition) is 2. The van der Waals surface area contributed by atoms with Crippen LogP contribution < -0.4 is 9.80 Å². The zero-order valence-electron chi connectivity index (χ0n) is 44.3. The highest BCUT2D eigenvalue weighted by molar-refractivity contribution is 6.22. The van der Waals surface area contributed by atoms with Crippen LogP contribution in [0.4, 0.5) is 22.7 Å². The summed E-state index contributed by atoms with van der Waals surface area (Å²) in [5.41, 5.74) is 18.4. The molecule has 76 heavy (non-hydrogen) atoms. The van der Waals surface area contributed by atoms with Crippen molar-refractivity contribution in [2.24, 2.45) is 0 Å². The van der Waals surface area contributed by atoms with Gasteiger partial charge in [0.1, 0.15) is 0 Å². The molecule has 0 bridgehead atoms. The number of rotatable bonds is 6. The van der Waals surface area contributed by atoms with Crippen LogP contribution in [0.15, 0.2) is 218 Å². The first-order valence-corrected chi connectivity index (χ1v) is 28.2. The van der Waals surface area contributed by atoms with Crippen LogP contribution in [-0.4, -0.2) is 11.1 Å². The second-order valence-corrected chi connectivity index (χ2v) is 23.8. The minimum atomic E-state index is -0.0470. The predicted molar refractivity (Wildman–Crippen MR) is 324 cm³/mol. The lowest BCUT2D eigenvalue weighted by molar-refractivity contribution is 0.195. The molecule has 2 heteroatoms. The highest BCUT2D eigenvalue weighted by Crippen LogP contribution is 2.64. The summed E-state index contributed by atoms with van der Waals surface area (Å²) in [6.45, 7) is 10.2. The smallest absolute Gasteiger partial charge is 0.0518 e. The second kappa shape index (κ2) is 16.8. The van der Waals surface area contributed by atoms with Crippen molar-refractivity contribution in [1.82, 2.24) is 0 Å². The summed E-state index contributed by atoms with van der Waals surface area (Å²) >= 11 is 0. The van der Waals surface area contributed by atoms with Gasteiger partial charge in [0.25, 0.3) is 0 Å². The molecule has 4 atom stereocenters. The second-order valence-electron chi connectivity index (χ2n) is 23.8. The van der Waals surface area contributed by atoms with Gasteiger partial charge in [-0.1, -0.05) is 209 Å². The molecule has 0 N–H and O–H groups in total. The average Bonchev–Trinajstić information content (AvgIpc) is 3.89. The third-order valence-corrected chi connectivity index (χ3v) is 20.1. The summed E-state index contributed by atoms with van der Waals surface area (Å²) in [5, 5.41) is 10.4. The van der Waals surface area contributed by atoms with E-state index in [2.05, 4.69) is 256 Å². The molecule has 4 aliphatic rings. The average molecular weight is 981 g/mol. The molecule has 15 rings (SSSR count). The minimum absolute atomic E-state index is 0.00322. The Morgan fingerprint density at radius 3 is 1.09 bits per heavy atom. The van der Waals surface area contributed by atoms with Crippen LogP contribution in [0.25, 0.3) is 87.6 Å². The Morgan fingerprint density at radius 1 is 0.276 bits per heavy atom. The highest BCUT2D eigenvalue weighted by atomic mass is 15.3. The number of hydrogen-bond donors (Lipinski definition) is 0. The summed E-state index contributed by atoms with van der Waals surface area (Å²) in [7, 11) is 0. The number of fused-ring (bicyclic) bond motifs is 10. The van der Waals surface area contributed by atoms with Crippen molar-refractivity contribution in [3.05, 3.63) is 230 Å². The monoisotopic (exact) mass is 981 g/mol. The molecule has 2 nitrogen and oxygen atoms in total. The normalized spacial score (nSPS) is 22.7. The summed E-state index contributed by atoms with van der Waals surface area (Å²) in [6.07, 6.45) is 9.69. The Bertz CT molecular complexity index is 3870. The highest BCUT2D eigenvalue weighted by Gasteiger charge is 2.59. The van der Waals surface area contributed by atoms with Crippen molar-refractivity contribution >= 4 is 65.8 Å². The summed E-state index contributed by atoms with van der Waals surface area (Å²) in [5.74, 6) is 0. The van der Waals surface area contributed by atoms with Crippen molar-refractivity contribution < 1.29 is 0 Å². The van der Waals surface area contributed by atoms with Crippen LogP contribution in [0.3, 0.4) is 0 Å². The lowest BCUT2D eigenvalue weighted by Crippen LogP contribution is -2.54. The fraction of sp³-hybridized carbons (Fsp3) is 0.216. The molecule has 0 saturated heterocycles. The zero-order valence-corrected chi connectivity index (χ0v) is 44.3. The van der Waals surface area contributed by atoms with E-state index in [0.29, 0.717) is 0 Å². The lowest BCUT2D eigenvalue weighted by Gasteiger charge is -2.50. The van der Waals surface area contributed by atoms with Gasteiger partial charge in [0.15, 0.2) is 0 Å². The summed E-state index contributed by atoms with van der Waals surface area (Å²) in [4.78, 5) is 5.48. The molecule has 0 aromatic heterocycles. The van der Waals surface area contributed by atoms with E-state index >= 15 is 0 Å². The maximum atomic E-state index is 2.74.